The van der Waals surface area contributed by atoms with Gasteiger partial charge in [-0.25, -0.2) is 0 Å². The van der Waals surface area contributed by atoms with Crippen molar-refractivity contribution in [3.63, 3.8) is 0 Å². The predicted molar refractivity (Wildman–Crippen MR) is 76.6 cm³/mol. The molecule has 112 valence electrons. The number of benzene rings is 1. The van der Waals surface area contributed by atoms with Crippen LogP contribution < -0.4 is 5.32 Å². The fourth-order valence-corrected chi connectivity index (χ4v) is 3.09. The minimum Gasteiger partial charge on any atom is -0.380 e. The molecule has 2 atom stereocenters. The van der Waals surface area contributed by atoms with Gasteiger partial charge < -0.3 is 5.32 Å². The van der Waals surface area contributed by atoms with E-state index >= 15 is 0 Å². The Kier molecular flexibility index (Phi) is 4.75. The van der Waals surface area contributed by atoms with Crippen LogP contribution in [0, 0.1) is 12.8 Å². The maximum Gasteiger partial charge on any atom is 0.393 e. The van der Waals surface area contributed by atoms with Crippen LogP contribution in [0.15, 0.2) is 12.1 Å². The Bertz CT molecular complexity index is 488. The molecule has 1 nitrogen and oxygen atoms in total. The van der Waals surface area contributed by atoms with E-state index < -0.39 is 18.1 Å². The number of anilines is 1. The van der Waals surface area contributed by atoms with Crippen LogP contribution in [-0.4, -0.2) is 12.2 Å². The normalized spacial score (nSPS) is 23.7. The highest BCUT2D eigenvalue weighted by atomic mass is 35.5. The Morgan fingerprint density at radius 2 is 1.75 bits per heavy atom. The Balaban J connectivity index is 2.21. The summed E-state index contributed by atoms with van der Waals surface area (Å²) in [7, 11) is 0. The number of nitrogens with one attached hydrogen (secondary N) is 1. The first kappa shape index (κ1) is 15.8. The molecule has 1 aromatic carbocycles. The molecule has 1 saturated carbocycles. The molecule has 0 aromatic heterocycles. The Labute approximate surface area is 126 Å². The summed E-state index contributed by atoms with van der Waals surface area (Å²) < 4.78 is 39.1. The molecule has 20 heavy (non-hydrogen) atoms. The van der Waals surface area contributed by atoms with Gasteiger partial charge in [-0.2, -0.15) is 13.2 Å². The van der Waals surface area contributed by atoms with E-state index in [4.69, 9.17) is 23.2 Å². The summed E-state index contributed by atoms with van der Waals surface area (Å²) in [5, 5.41) is 3.84. The van der Waals surface area contributed by atoms with Gasteiger partial charge in [0.05, 0.1) is 16.6 Å². The van der Waals surface area contributed by atoms with Crippen LogP contribution in [0.2, 0.25) is 10.0 Å². The minimum atomic E-state index is -4.18. The van der Waals surface area contributed by atoms with Crippen molar-refractivity contribution in [2.45, 2.75) is 44.8 Å². The average molecular weight is 326 g/mol. The Morgan fingerprint density at radius 1 is 1.10 bits per heavy atom. The van der Waals surface area contributed by atoms with Crippen molar-refractivity contribution >= 4 is 28.9 Å². The third-order valence-corrected chi connectivity index (χ3v) is 4.50. The molecule has 1 fully saturated rings. The average Bonchev–Trinajstić information content (AvgIpc) is 2.35. The third kappa shape index (κ3) is 3.53. The predicted octanol–water partition coefficient (Wildman–Crippen LogP) is 5.83. The summed E-state index contributed by atoms with van der Waals surface area (Å²) in [6, 6.07) is 2.62. The van der Waals surface area contributed by atoms with E-state index in [2.05, 4.69) is 5.32 Å². The first-order valence-electron chi connectivity index (χ1n) is 6.58. The first-order valence-corrected chi connectivity index (χ1v) is 7.33. The number of hydrogen-bond acceptors (Lipinski definition) is 1. The van der Waals surface area contributed by atoms with E-state index in [1.807, 2.05) is 0 Å². The van der Waals surface area contributed by atoms with Gasteiger partial charge in [-0.05, 0) is 37.5 Å². The Hall–Kier alpha value is -0.610. The lowest BCUT2D eigenvalue weighted by Gasteiger charge is -2.34. The molecule has 1 N–H and O–H groups in total. The highest BCUT2D eigenvalue weighted by molar-refractivity contribution is 6.35. The molecule has 1 aromatic rings. The highest BCUT2D eigenvalue weighted by Crippen LogP contribution is 2.40. The second-order valence-corrected chi connectivity index (χ2v) is 6.08. The van der Waals surface area contributed by atoms with E-state index in [9.17, 15) is 13.2 Å². The van der Waals surface area contributed by atoms with Crippen LogP contribution in [0.25, 0.3) is 0 Å². The van der Waals surface area contributed by atoms with Crippen LogP contribution in [0.1, 0.15) is 31.2 Å². The number of halogens is 5. The third-order valence-electron chi connectivity index (χ3n) is 3.78. The van der Waals surface area contributed by atoms with E-state index in [0.29, 0.717) is 28.6 Å². The molecule has 2 rings (SSSR count). The van der Waals surface area contributed by atoms with Gasteiger partial charge in [0, 0.05) is 11.1 Å². The lowest BCUT2D eigenvalue weighted by Crippen LogP contribution is -2.41. The van der Waals surface area contributed by atoms with Gasteiger partial charge in [0.1, 0.15) is 0 Å². The van der Waals surface area contributed by atoms with Crippen molar-refractivity contribution < 1.29 is 13.2 Å². The largest absolute Gasteiger partial charge is 0.393 e. The summed E-state index contributed by atoms with van der Waals surface area (Å²) >= 11 is 12.1. The fraction of sp³-hybridized carbons (Fsp3) is 0.571. The molecular weight excluding hydrogens is 310 g/mol. The zero-order valence-electron chi connectivity index (χ0n) is 11.0. The first-order chi connectivity index (χ1) is 9.29. The van der Waals surface area contributed by atoms with Gasteiger partial charge in [-0.3, -0.25) is 0 Å². The summed E-state index contributed by atoms with van der Waals surface area (Å²) in [6.45, 7) is 1.80. The second kappa shape index (κ2) is 6.02. The van der Waals surface area contributed by atoms with Gasteiger partial charge >= 0.3 is 6.18 Å². The van der Waals surface area contributed by atoms with Crippen LogP contribution in [0.5, 0.6) is 0 Å². The number of hydrogen-bond donors (Lipinski definition) is 1. The maximum absolute atomic E-state index is 13.0. The summed E-state index contributed by atoms with van der Waals surface area (Å²) in [6.07, 6.45) is -2.12. The van der Waals surface area contributed by atoms with E-state index in [1.54, 1.807) is 19.1 Å². The van der Waals surface area contributed by atoms with Crippen molar-refractivity contribution in [1.82, 2.24) is 0 Å². The van der Waals surface area contributed by atoms with Crippen LogP contribution in [-0.2, 0) is 0 Å². The molecule has 0 heterocycles. The van der Waals surface area contributed by atoms with E-state index in [-0.39, 0.29) is 6.42 Å². The zero-order valence-corrected chi connectivity index (χ0v) is 12.5. The van der Waals surface area contributed by atoms with Gasteiger partial charge in [0.15, 0.2) is 0 Å². The monoisotopic (exact) mass is 325 g/mol. The zero-order chi connectivity index (χ0) is 14.9. The summed E-state index contributed by atoms with van der Waals surface area (Å²) in [5.74, 6) is -1.33. The summed E-state index contributed by atoms with van der Waals surface area (Å²) in [4.78, 5) is 0. The van der Waals surface area contributed by atoms with Crippen molar-refractivity contribution in [3.05, 3.63) is 27.7 Å². The van der Waals surface area contributed by atoms with Gasteiger partial charge in [-0.15, -0.1) is 0 Å². The van der Waals surface area contributed by atoms with Gasteiger partial charge in [0.2, 0.25) is 0 Å². The molecule has 0 amide bonds. The minimum absolute atomic E-state index is 0.165. The lowest BCUT2D eigenvalue weighted by atomic mass is 9.84. The molecule has 0 aliphatic heterocycles. The van der Waals surface area contributed by atoms with E-state index in [1.165, 1.54) is 0 Å². The van der Waals surface area contributed by atoms with Crippen molar-refractivity contribution in [1.29, 1.82) is 0 Å². The quantitative estimate of drug-likeness (QED) is 0.720. The van der Waals surface area contributed by atoms with Crippen molar-refractivity contribution in [2.24, 2.45) is 5.92 Å². The van der Waals surface area contributed by atoms with Gasteiger partial charge in [0.25, 0.3) is 0 Å². The topological polar surface area (TPSA) is 12.0 Å². The SMILES string of the molecule is Cc1cc(Cl)c(NC2CCCCC2C(F)(F)F)cc1Cl. The molecule has 1 aliphatic carbocycles. The van der Waals surface area contributed by atoms with E-state index in [0.717, 1.165) is 12.0 Å². The summed E-state index contributed by atoms with van der Waals surface area (Å²) in [5.41, 5.74) is 1.28. The molecule has 0 radical (unpaired) electrons. The molecule has 2 unspecified atom stereocenters. The molecule has 0 spiro atoms. The van der Waals surface area contributed by atoms with Crippen LogP contribution in [0.3, 0.4) is 0 Å². The molecular formula is C14H16Cl2F3N. The number of alkyl halides is 3. The van der Waals surface area contributed by atoms with Crippen molar-refractivity contribution in [2.75, 3.05) is 5.32 Å². The standard InChI is InChI=1S/C14H16Cl2F3N/c1-8-6-11(16)13(7-10(8)15)20-12-5-3-2-4-9(12)14(17,18)19/h6-7,9,12,20H,2-5H2,1H3. The maximum atomic E-state index is 13.0. The second-order valence-electron chi connectivity index (χ2n) is 5.26. The Morgan fingerprint density at radius 3 is 2.40 bits per heavy atom. The van der Waals surface area contributed by atoms with Gasteiger partial charge in [-0.1, -0.05) is 36.0 Å². The molecule has 0 bridgehead atoms. The fourth-order valence-electron chi connectivity index (χ4n) is 2.65. The van der Waals surface area contributed by atoms with Crippen molar-refractivity contribution in [3.8, 4) is 0 Å². The smallest absolute Gasteiger partial charge is 0.380 e. The number of rotatable bonds is 2. The highest BCUT2D eigenvalue weighted by Gasteiger charge is 2.45. The lowest BCUT2D eigenvalue weighted by molar-refractivity contribution is -0.184. The molecule has 0 saturated heterocycles. The van der Waals surface area contributed by atoms with Crippen LogP contribution in [0.4, 0.5) is 18.9 Å². The van der Waals surface area contributed by atoms with Crippen LogP contribution >= 0.6 is 23.2 Å². The molecule has 1 aliphatic rings. The molecule has 6 heteroatoms. The number of aryl methyl sites for hydroxylation is 1.